The third-order valence-corrected chi connectivity index (χ3v) is 7.97. The quantitative estimate of drug-likeness (QED) is 0.348. The van der Waals surface area contributed by atoms with Crippen LogP contribution in [0.5, 0.6) is 0 Å². The van der Waals surface area contributed by atoms with Crippen molar-refractivity contribution in [2.75, 3.05) is 0 Å². The van der Waals surface area contributed by atoms with Gasteiger partial charge in [-0.2, -0.15) is 0 Å². The highest BCUT2D eigenvalue weighted by Crippen LogP contribution is 2.46. The molecule has 0 aliphatic heterocycles. The highest BCUT2D eigenvalue weighted by atomic mass is 16.5. The maximum absolute atomic E-state index is 13.9. The second-order valence-corrected chi connectivity index (χ2v) is 10.4. The number of amides is 1. The van der Waals surface area contributed by atoms with Crippen LogP contribution in [0.3, 0.4) is 0 Å². The number of hydrogen-bond donors (Lipinski definition) is 1. The summed E-state index contributed by atoms with van der Waals surface area (Å²) in [4.78, 5) is 38.4. The molecule has 0 spiro atoms. The topological polar surface area (TPSA) is 72.5 Å². The van der Waals surface area contributed by atoms with Crippen LogP contribution in [0.1, 0.15) is 89.9 Å². The molecule has 1 N–H and O–H groups in total. The van der Waals surface area contributed by atoms with Crippen LogP contribution >= 0.6 is 0 Å². The van der Waals surface area contributed by atoms with Gasteiger partial charge in [0.15, 0.2) is 6.10 Å². The second-order valence-electron chi connectivity index (χ2n) is 10.4. The van der Waals surface area contributed by atoms with Gasteiger partial charge in [0.05, 0.1) is 5.41 Å². The van der Waals surface area contributed by atoms with Crippen LogP contribution in [-0.2, 0) is 19.1 Å². The average molecular weight is 492 g/mol. The Morgan fingerprint density at radius 2 is 1.44 bits per heavy atom. The predicted molar refractivity (Wildman–Crippen MR) is 142 cm³/mol. The summed E-state index contributed by atoms with van der Waals surface area (Å²) in [7, 11) is 0. The van der Waals surface area contributed by atoms with Gasteiger partial charge in [-0.15, -0.1) is 0 Å². The standard InChI is InChI=1S/C31H41NO4/c1-5-28(34)27(22(2)23(3)32-24(4)33)18-21-31(19-12-13-20-31)30(35)36-29(25-14-8-6-9-15-25)26-16-10-7-11-17-26/h6-11,14-17,22-23,27,29H,5,12-13,18-21H2,1-4H3,(H,32,33). The number of Topliss-reactive ketones (excluding diaryl/α,β-unsaturated/α-hetero) is 1. The first-order valence-electron chi connectivity index (χ1n) is 13.4. The van der Waals surface area contributed by atoms with Gasteiger partial charge in [-0.05, 0) is 49.7 Å². The molecular weight excluding hydrogens is 450 g/mol. The van der Waals surface area contributed by atoms with E-state index in [0.717, 1.165) is 36.8 Å². The predicted octanol–water partition coefficient (Wildman–Crippen LogP) is 6.42. The number of carbonyl (C=O) groups excluding carboxylic acids is 3. The van der Waals surface area contributed by atoms with E-state index in [2.05, 4.69) is 5.32 Å². The lowest BCUT2D eigenvalue weighted by atomic mass is 9.74. The van der Waals surface area contributed by atoms with Crippen LogP contribution in [0.25, 0.3) is 0 Å². The maximum Gasteiger partial charge on any atom is 0.313 e. The molecule has 3 atom stereocenters. The van der Waals surface area contributed by atoms with Gasteiger partial charge in [-0.3, -0.25) is 14.4 Å². The molecule has 1 aliphatic rings. The molecule has 3 unspecified atom stereocenters. The largest absolute Gasteiger partial charge is 0.452 e. The Hall–Kier alpha value is -2.95. The van der Waals surface area contributed by atoms with Gasteiger partial charge < -0.3 is 10.1 Å². The Balaban J connectivity index is 1.81. The van der Waals surface area contributed by atoms with Gasteiger partial charge in [0.2, 0.25) is 5.91 Å². The van der Waals surface area contributed by atoms with Crippen molar-refractivity contribution in [3.63, 3.8) is 0 Å². The van der Waals surface area contributed by atoms with Gasteiger partial charge in [-0.25, -0.2) is 0 Å². The van der Waals surface area contributed by atoms with E-state index in [4.69, 9.17) is 4.74 Å². The molecule has 5 nitrogen and oxygen atoms in total. The smallest absolute Gasteiger partial charge is 0.313 e. The fourth-order valence-corrected chi connectivity index (χ4v) is 5.64. The number of nitrogens with one attached hydrogen (secondary N) is 1. The van der Waals surface area contributed by atoms with E-state index < -0.39 is 11.5 Å². The summed E-state index contributed by atoms with van der Waals surface area (Å²) < 4.78 is 6.31. The highest BCUT2D eigenvalue weighted by Gasteiger charge is 2.44. The minimum Gasteiger partial charge on any atom is -0.452 e. The minimum absolute atomic E-state index is 0.0165. The molecule has 0 heterocycles. The number of ketones is 1. The molecule has 1 amide bonds. The molecule has 0 radical (unpaired) electrons. The van der Waals surface area contributed by atoms with Crippen LogP contribution in [0.4, 0.5) is 0 Å². The van der Waals surface area contributed by atoms with Gasteiger partial charge in [0.1, 0.15) is 5.78 Å². The second kappa shape index (κ2) is 12.8. The molecule has 36 heavy (non-hydrogen) atoms. The van der Waals surface area contributed by atoms with E-state index in [-0.39, 0.29) is 35.5 Å². The van der Waals surface area contributed by atoms with Crippen molar-refractivity contribution < 1.29 is 19.1 Å². The van der Waals surface area contributed by atoms with Crippen LogP contribution in [0, 0.1) is 17.3 Å². The lowest BCUT2D eigenvalue weighted by Gasteiger charge is -2.33. The first-order valence-corrected chi connectivity index (χ1v) is 13.4. The highest BCUT2D eigenvalue weighted by molar-refractivity contribution is 5.82. The van der Waals surface area contributed by atoms with Gasteiger partial charge >= 0.3 is 5.97 Å². The van der Waals surface area contributed by atoms with E-state index in [1.165, 1.54) is 6.92 Å². The molecule has 3 rings (SSSR count). The van der Waals surface area contributed by atoms with Crippen molar-refractivity contribution in [1.82, 2.24) is 5.32 Å². The zero-order valence-electron chi connectivity index (χ0n) is 22.2. The van der Waals surface area contributed by atoms with Crippen LogP contribution in [-0.4, -0.2) is 23.7 Å². The summed E-state index contributed by atoms with van der Waals surface area (Å²) in [6, 6.07) is 19.6. The first kappa shape index (κ1) is 27.6. The van der Waals surface area contributed by atoms with Crippen LogP contribution in [0.2, 0.25) is 0 Å². The third-order valence-electron chi connectivity index (χ3n) is 7.97. The van der Waals surface area contributed by atoms with Crippen LogP contribution in [0.15, 0.2) is 60.7 Å². The van der Waals surface area contributed by atoms with Crippen molar-refractivity contribution >= 4 is 17.7 Å². The molecule has 1 aliphatic carbocycles. The minimum atomic E-state index is -0.578. The number of rotatable bonds is 12. The number of carbonyl (C=O) groups is 3. The molecule has 2 aromatic carbocycles. The summed E-state index contributed by atoms with van der Waals surface area (Å²) in [5.41, 5.74) is 1.31. The fourth-order valence-electron chi connectivity index (χ4n) is 5.64. The molecule has 1 saturated carbocycles. The number of benzene rings is 2. The van der Waals surface area contributed by atoms with Crippen LogP contribution < -0.4 is 5.32 Å². The summed E-state index contributed by atoms with van der Waals surface area (Å²) >= 11 is 0. The molecule has 0 saturated heterocycles. The Bertz CT molecular complexity index is 958. The average Bonchev–Trinajstić information content (AvgIpc) is 3.37. The zero-order valence-corrected chi connectivity index (χ0v) is 22.2. The summed E-state index contributed by atoms with van der Waals surface area (Å²) in [5, 5.41) is 2.94. The molecular formula is C31H41NO4. The van der Waals surface area contributed by atoms with Crippen molar-refractivity contribution in [2.45, 2.75) is 84.8 Å². The number of ether oxygens (including phenoxy) is 1. The van der Waals surface area contributed by atoms with Gasteiger partial charge in [-0.1, -0.05) is 87.4 Å². The van der Waals surface area contributed by atoms with E-state index in [9.17, 15) is 14.4 Å². The normalized spacial score (nSPS) is 17.2. The van der Waals surface area contributed by atoms with E-state index in [1.807, 2.05) is 81.4 Å². The molecule has 0 aromatic heterocycles. The lowest BCUT2D eigenvalue weighted by molar-refractivity contribution is -0.161. The Labute approximate surface area is 216 Å². The Kier molecular flexibility index (Phi) is 9.86. The van der Waals surface area contributed by atoms with Crippen molar-refractivity contribution in [1.29, 1.82) is 0 Å². The van der Waals surface area contributed by atoms with Crippen molar-refractivity contribution in [3.8, 4) is 0 Å². The zero-order chi connectivity index (χ0) is 26.1. The SMILES string of the molecule is CCC(=O)C(CCC1(C(=O)OC(c2ccccc2)c2ccccc2)CCCC1)C(C)C(C)NC(C)=O. The van der Waals surface area contributed by atoms with E-state index in [0.29, 0.717) is 19.3 Å². The maximum atomic E-state index is 13.9. The monoisotopic (exact) mass is 491 g/mol. The summed E-state index contributed by atoms with van der Waals surface area (Å²) in [6.45, 7) is 7.36. The fraction of sp³-hybridized carbons (Fsp3) is 0.516. The molecule has 0 bridgehead atoms. The Morgan fingerprint density at radius 3 is 1.92 bits per heavy atom. The number of esters is 1. The summed E-state index contributed by atoms with van der Waals surface area (Å²) in [6.07, 6.45) is 4.76. The first-order chi connectivity index (χ1) is 17.3. The molecule has 2 aromatic rings. The van der Waals surface area contributed by atoms with Gasteiger partial charge in [0.25, 0.3) is 0 Å². The lowest BCUT2D eigenvalue weighted by Crippen LogP contribution is -2.41. The van der Waals surface area contributed by atoms with E-state index >= 15 is 0 Å². The van der Waals surface area contributed by atoms with Crippen molar-refractivity contribution in [2.24, 2.45) is 17.3 Å². The van der Waals surface area contributed by atoms with E-state index in [1.54, 1.807) is 0 Å². The van der Waals surface area contributed by atoms with Crippen molar-refractivity contribution in [3.05, 3.63) is 71.8 Å². The molecule has 1 fully saturated rings. The molecule has 5 heteroatoms. The number of hydrogen-bond acceptors (Lipinski definition) is 4. The van der Waals surface area contributed by atoms with Gasteiger partial charge in [0, 0.05) is 25.3 Å². The Morgan fingerprint density at radius 1 is 0.917 bits per heavy atom. The molecule has 194 valence electrons. The third kappa shape index (κ3) is 6.83. The summed E-state index contributed by atoms with van der Waals surface area (Å²) in [5.74, 6) is -0.297.